The predicted octanol–water partition coefficient (Wildman–Crippen LogP) is 4.25. The molecule has 0 radical (unpaired) electrons. The highest BCUT2D eigenvalue weighted by molar-refractivity contribution is 9.10. The molecule has 0 aliphatic carbocycles. The van der Waals surface area contributed by atoms with Gasteiger partial charge in [0.25, 0.3) is 0 Å². The van der Waals surface area contributed by atoms with Crippen LogP contribution >= 0.6 is 27.3 Å². The van der Waals surface area contributed by atoms with Gasteiger partial charge in [-0.25, -0.2) is 4.39 Å². The fraction of sp³-hybridized carbons (Fsp3) is 0.231. The van der Waals surface area contributed by atoms with Crippen LogP contribution in [0.5, 0.6) is 5.75 Å². The average Bonchev–Trinajstić information content (AvgIpc) is 2.73. The van der Waals surface area contributed by atoms with Crippen molar-refractivity contribution >= 4 is 27.3 Å². The predicted molar refractivity (Wildman–Crippen MR) is 75.4 cm³/mol. The number of hydrogen-bond acceptors (Lipinski definition) is 3. The zero-order valence-electron chi connectivity index (χ0n) is 9.82. The SMILES string of the molecule is CC(N)c1ccc(OCc2cc(Br)cs2)c(F)c1. The van der Waals surface area contributed by atoms with Crippen LogP contribution < -0.4 is 10.5 Å². The molecule has 0 spiro atoms. The molecule has 1 atom stereocenters. The van der Waals surface area contributed by atoms with Crippen molar-refractivity contribution in [3.8, 4) is 5.75 Å². The molecule has 0 saturated heterocycles. The molecule has 5 heteroatoms. The van der Waals surface area contributed by atoms with Crippen LogP contribution in [0.1, 0.15) is 23.4 Å². The van der Waals surface area contributed by atoms with E-state index in [1.807, 2.05) is 18.4 Å². The number of halogens is 2. The van der Waals surface area contributed by atoms with Crippen LogP contribution in [-0.4, -0.2) is 0 Å². The van der Waals surface area contributed by atoms with Gasteiger partial charge in [-0.1, -0.05) is 6.07 Å². The molecule has 0 saturated carbocycles. The summed E-state index contributed by atoms with van der Waals surface area (Å²) >= 11 is 4.93. The van der Waals surface area contributed by atoms with Gasteiger partial charge in [-0.2, -0.15) is 0 Å². The van der Waals surface area contributed by atoms with Gasteiger partial charge >= 0.3 is 0 Å². The Kier molecular flexibility index (Phi) is 4.37. The molecule has 1 aromatic heterocycles. The van der Waals surface area contributed by atoms with E-state index in [0.29, 0.717) is 6.61 Å². The van der Waals surface area contributed by atoms with E-state index >= 15 is 0 Å². The van der Waals surface area contributed by atoms with E-state index in [1.54, 1.807) is 23.5 Å². The number of nitrogens with two attached hydrogens (primary N) is 1. The lowest BCUT2D eigenvalue weighted by molar-refractivity contribution is 0.293. The maximum absolute atomic E-state index is 13.7. The van der Waals surface area contributed by atoms with Crippen LogP contribution in [0.15, 0.2) is 34.1 Å². The molecule has 2 nitrogen and oxygen atoms in total. The van der Waals surface area contributed by atoms with Crippen LogP contribution in [0, 0.1) is 5.82 Å². The molecular formula is C13H13BrFNOS. The Morgan fingerprint density at radius 2 is 2.22 bits per heavy atom. The number of thiophene rings is 1. The zero-order chi connectivity index (χ0) is 13.1. The van der Waals surface area contributed by atoms with Gasteiger partial charge in [0.1, 0.15) is 6.61 Å². The van der Waals surface area contributed by atoms with Gasteiger partial charge in [-0.3, -0.25) is 0 Å². The maximum Gasteiger partial charge on any atom is 0.165 e. The minimum absolute atomic E-state index is 0.179. The van der Waals surface area contributed by atoms with Crippen molar-refractivity contribution in [1.29, 1.82) is 0 Å². The van der Waals surface area contributed by atoms with Gasteiger partial charge < -0.3 is 10.5 Å². The van der Waals surface area contributed by atoms with E-state index in [0.717, 1.165) is 14.9 Å². The molecule has 1 heterocycles. The number of rotatable bonds is 4. The third kappa shape index (κ3) is 3.31. The quantitative estimate of drug-likeness (QED) is 0.910. The van der Waals surface area contributed by atoms with E-state index in [1.165, 1.54) is 6.07 Å². The van der Waals surface area contributed by atoms with Crippen LogP contribution in [0.2, 0.25) is 0 Å². The first-order valence-electron chi connectivity index (χ1n) is 5.47. The molecule has 96 valence electrons. The van der Waals surface area contributed by atoms with E-state index in [2.05, 4.69) is 15.9 Å². The highest BCUT2D eigenvalue weighted by atomic mass is 79.9. The molecule has 0 bridgehead atoms. The highest BCUT2D eigenvalue weighted by Gasteiger charge is 2.08. The largest absolute Gasteiger partial charge is 0.485 e. The second-order valence-corrected chi connectivity index (χ2v) is 5.91. The molecule has 0 aliphatic heterocycles. The summed E-state index contributed by atoms with van der Waals surface area (Å²) in [4.78, 5) is 1.04. The summed E-state index contributed by atoms with van der Waals surface area (Å²) in [6.07, 6.45) is 0. The lowest BCUT2D eigenvalue weighted by atomic mass is 10.1. The first-order valence-corrected chi connectivity index (χ1v) is 7.14. The summed E-state index contributed by atoms with van der Waals surface area (Å²) < 4.78 is 20.2. The van der Waals surface area contributed by atoms with Crippen molar-refractivity contribution in [2.45, 2.75) is 19.6 Å². The number of ether oxygens (including phenoxy) is 1. The monoisotopic (exact) mass is 329 g/mol. The van der Waals surface area contributed by atoms with Gasteiger partial charge in [0.05, 0.1) is 0 Å². The Hall–Kier alpha value is -0.910. The van der Waals surface area contributed by atoms with Crippen molar-refractivity contribution in [2.75, 3.05) is 0 Å². The van der Waals surface area contributed by atoms with E-state index < -0.39 is 0 Å². The smallest absolute Gasteiger partial charge is 0.165 e. The third-order valence-electron chi connectivity index (χ3n) is 2.47. The van der Waals surface area contributed by atoms with Crippen molar-refractivity contribution in [3.63, 3.8) is 0 Å². The number of hydrogen-bond donors (Lipinski definition) is 1. The Bertz CT molecular complexity index is 542. The highest BCUT2D eigenvalue weighted by Crippen LogP contribution is 2.24. The van der Waals surface area contributed by atoms with Gasteiger partial charge in [-0.15, -0.1) is 11.3 Å². The summed E-state index contributed by atoms with van der Waals surface area (Å²) in [6, 6.07) is 6.61. The van der Waals surface area contributed by atoms with Crippen LogP contribution in [0.4, 0.5) is 4.39 Å². The topological polar surface area (TPSA) is 35.2 Å². The maximum atomic E-state index is 13.7. The lowest BCUT2D eigenvalue weighted by Crippen LogP contribution is -2.05. The molecule has 2 aromatic rings. The van der Waals surface area contributed by atoms with E-state index in [-0.39, 0.29) is 17.6 Å². The summed E-state index contributed by atoms with van der Waals surface area (Å²) in [5.41, 5.74) is 6.45. The van der Waals surface area contributed by atoms with Crippen molar-refractivity contribution in [3.05, 3.63) is 50.4 Å². The average molecular weight is 330 g/mol. The van der Waals surface area contributed by atoms with Crippen LogP contribution in [0.25, 0.3) is 0 Å². The Labute approximate surface area is 118 Å². The second-order valence-electron chi connectivity index (χ2n) is 4.00. The van der Waals surface area contributed by atoms with Crippen LogP contribution in [-0.2, 0) is 6.61 Å². The van der Waals surface area contributed by atoms with Crippen molar-refractivity contribution < 1.29 is 9.13 Å². The van der Waals surface area contributed by atoms with E-state index in [9.17, 15) is 4.39 Å². The minimum Gasteiger partial charge on any atom is -0.485 e. The minimum atomic E-state index is -0.375. The standard InChI is InChI=1S/C13H13BrFNOS/c1-8(16)9-2-3-13(12(15)4-9)17-6-11-5-10(14)7-18-11/h2-5,7-8H,6,16H2,1H3. The first-order chi connectivity index (χ1) is 8.56. The van der Waals surface area contributed by atoms with Gasteiger partial charge in [0.15, 0.2) is 11.6 Å². The summed E-state index contributed by atoms with van der Waals surface area (Å²) in [5.74, 6) is -0.121. The molecular weight excluding hydrogens is 317 g/mol. The molecule has 2 N–H and O–H groups in total. The Balaban J connectivity index is 2.05. The summed E-state index contributed by atoms with van der Waals surface area (Å²) in [5, 5.41) is 1.97. The second kappa shape index (κ2) is 5.82. The van der Waals surface area contributed by atoms with Crippen LogP contribution in [0.3, 0.4) is 0 Å². The Morgan fingerprint density at radius 1 is 1.44 bits per heavy atom. The molecule has 0 amide bonds. The molecule has 1 unspecified atom stereocenters. The third-order valence-corrected chi connectivity index (χ3v) is 4.14. The summed E-state index contributed by atoms with van der Waals surface area (Å²) in [6.45, 7) is 2.18. The molecule has 0 aliphatic rings. The van der Waals surface area contributed by atoms with Gasteiger partial charge in [0.2, 0.25) is 0 Å². The summed E-state index contributed by atoms with van der Waals surface area (Å²) in [7, 11) is 0. The Morgan fingerprint density at radius 3 is 2.78 bits per heavy atom. The van der Waals surface area contributed by atoms with Gasteiger partial charge in [0, 0.05) is 20.8 Å². The van der Waals surface area contributed by atoms with Crippen molar-refractivity contribution in [2.24, 2.45) is 5.73 Å². The fourth-order valence-electron chi connectivity index (χ4n) is 1.50. The van der Waals surface area contributed by atoms with Gasteiger partial charge in [-0.05, 0) is 46.6 Å². The lowest BCUT2D eigenvalue weighted by Gasteiger charge is -2.09. The first kappa shape index (κ1) is 13.5. The normalized spacial score (nSPS) is 12.4. The molecule has 0 fully saturated rings. The van der Waals surface area contributed by atoms with Crippen molar-refractivity contribution in [1.82, 2.24) is 0 Å². The molecule has 18 heavy (non-hydrogen) atoms. The molecule has 2 rings (SSSR count). The fourth-order valence-corrected chi connectivity index (χ4v) is 2.86. The number of benzene rings is 1. The zero-order valence-corrected chi connectivity index (χ0v) is 12.2. The molecule has 1 aromatic carbocycles. The van der Waals surface area contributed by atoms with E-state index in [4.69, 9.17) is 10.5 Å².